The molecule has 10 rings (SSSR count). The number of phenols is 1. The monoisotopic (exact) mass is 568 g/mol. The maximum absolute atomic E-state index is 13.3. The number of aromatic nitrogens is 1. The summed E-state index contributed by atoms with van der Waals surface area (Å²) in [4.78, 5) is 2.61. The number of piperidine rings is 1. The second-order valence-corrected chi connectivity index (χ2v) is 13.9. The third-order valence-corrected chi connectivity index (χ3v) is 11.8. The Kier molecular flexibility index (Phi) is 4.83. The molecule has 2 fully saturated rings. The molecular formula is C38H36N2O3. The zero-order valence-corrected chi connectivity index (χ0v) is 24.3. The first-order valence-electron chi connectivity index (χ1n) is 16.1. The van der Waals surface area contributed by atoms with Crippen LogP contribution in [0.15, 0.2) is 78.9 Å². The van der Waals surface area contributed by atoms with Gasteiger partial charge in [0, 0.05) is 41.9 Å². The third-order valence-electron chi connectivity index (χ3n) is 11.8. The summed E-state index contributed by atoms with van der Waals surface area (Å²) in [5, 5.41) is 28.2. The summed E-state index contributed by atoms with van der Waals surface area (Å²) in [5.41, 5.74) is 5.74. The fourth-order valence-electron chi connectivity index (χ4n) is 9.74. The number of aryl methyl sites for hydroxylation is 2. The number of hydrogen-bond acceptors (Lipinski definition) is 4. The minimum Gasteiger partial charge on any atom is -0.504 e. The van der Waals surface area contributed by atoms with E-state index in [1.54, 1.807) is 0 Å². The molecule has 2 N–H and O–H groups in total. The van der Waals surface area contributed by atoms with E-state index in [4.69, 9.17) is 4.74 Å². The van der Waals surface area contributed by atoms with Gasteiger partial charge < -0.3 is 19.5 Å². The van der Waals surface area contributed by atoms with Crippen LogP contribution in [-0.2, 0) is 31.2 Å². The van der Waals surface area contributed by atoms with Crippen LogP contribution in [0, 0.1) is 5.92 Å². The second kappa shape index (κ2) is 8.43. The molecule has 5 aromatic rings. The summed E-state index contributed by atoms with van der Waals surface area (Å²) in [7, 11) is 0. The predicted octanol–water partition coefficient (Wildman–Crippen LogP) is 6.44. The molecule has 216 valence electrons. The van der Waals surface area contributed by atoms with Crippen LogP contribution in [0.4, 0.5) is 0 Å². The van der Waals surface area contributed by atoms with E-state index in [9.17, 15) is 10.2 Å². The Morgan fingerprint density at radius 2 is 1.74 bits per heavy atom. The molecule has 4 atom stereocenters. The fraction of sp³-hybridized carbons (Fsp3) is 0.368. The lowest BCUT2D eigenvalue weighted by atomic mass is 9.49. The standard InChI is InChI=1S/C38H36N2O3/c41-30-15-13-26-20-31-38(42)21-29-28-14-12-25-8-4-5-9-27(25)33(28)40(18-16-23-6-2-1-3-7-23)34(29)36-37(38,32(26)35(30)43-36)17-19-39(31)22-24-10-11-24/h1-9,12-15,24,31,36,41-42H,10-11,16-22H2/t31-,36+,37+,38-/m1/s1. The largest absolute Gasteiger partial charge is 0.504 e. The highest BCUT2D eigenvalue weighted by Crippen LogP contribution is 2.69. The van der Waals surface area contributed by atoms with Gasteiger partial charge in [-0.05, 0) is 72.7 Å². The van der Waals surface area contributed by atoms with Crippen molar-refractivity contribution in [3.63, 3.8) is 0 Å². The van der Waals surface area contributed by atoms with Crippen molar-refractivity contribution >= 4 is 21.7 Å². The number of likely N-dealkylation sites (tertiary alicyclic amines) is 1. The van der Waals surface area contributed by atoms with Gasteiger partial charge in [-0.25, -0.2) is 0 Å². The quantitative estimate of drug-likeness (QED) is 0.256. The molecule has 0 unspecified atom stereocenters. The highest BCUT2D eigenvalue weighted by molar-refractivity contribution is 6.08. The number of hydrogen-bond donors (Lipinski definition) is 2. The molecule has 1 aromatic heterocycles. The Morgan fingerprint density at radius 3 is 2.60 bits per heavy atom. The molecule has 5 aliphatic rings. The van der Waals surface area contributed by atoms with Crippen molar-refractivity contribution in [1.82, 2.24) is 9.47 Å². The van der Waals surface area contributed by atoms with Crippen molar-refractivity contribution in [2.75, 3.05) is 13.1 Å². The molecule has 43 heavy (non-hydrogen) atoms. The number of nitrogens with zero attached hydrogens (tertiary/aromatic N) is 2. The number of phenolic OH excluding ortho intramolecular Hbond substituents is 1. The van der Waals surface area contributed by atoms with E-state index in [1.807, 2.05) is 6.07 Å². The summed E-state index contributed by atoms with van der Waals surface area (Å²) < 4.78 is 9.54. The molecule has 4 aromatic carbocycles. The van der Waals surface area contributed by atoms with E-state index < -0.39 is 11.0 Å². The summed E-state index contributed by atoms with van der Waals surface area (Å²) in [6, 6.07) is 27.9. The smallest absolute Gasteiger partial charge is 0.166 e. The van der Waals surface area contributed by atoms with E-state index >= 15 is 0 Å². The van der Waals surface area contributed by atoms with Crippen molar-refractivity contribution < 1.29 is 14.9 Å². The van der Waals surface area contributed by atoms with E-state index in [-0.39, 0.29) is 17.9 Å². The van der Waals surface area contributed by atoms with E-state index in [2.05, 4.69) is 82.3 Å². The third kappa shape index (κ3) is 3.09. The topological polar surface area (TPSA) is 57.9 Å². The SMILES string of the molecule is Oc1ccc2c3c1O[C@H]1c4c(c5ccc6ccccc6c5n4CCc4ccccc4)C[C@@]4(O)[C@@H](C2)N(CC2CC2)CC[C@]314. The number of fused-ring (bicyclic) bond motifs is 6. The van der Waals surface area contributed by atoms with E-state index in [1.165, 1.54) is 56.9 Å². The maximum Gasteiger partial charge on any atom is 0.166 e. The second-order valence-electron chi connectivity index (χ2n) is 13.9. The van der Waals surface area contributed by atoms with Gasteiger partial charge in [-0.1, -0.05) is 72.8 Å². The van der Waals surface area contributed by atoms with Crippen LogP contribution in [0.5, 0.6) is 11.5 Å². The van der Waals surface area contributed by atoms with Crippen LogP contribution in [0.25, 0.3) is 21.7 Å². The molecule has 2 aliphatic heterocycles. The number of rotatable bonds is 5. The van der Waals surface area contributed by atoms with Gasteiger partial charge in [0.15, 0.2) is 17.6 Å². The van der Waals surface area contributed by atoms with Crippen LogP contribution < -0.4 is 4.74 Å². The lowest BCUT2D eigenvalue weighted by Crippen LogP contribution is -2.74. The highest BCUT2D eigenvalue weighted by atomic mass is 16.5. The summed E-state index contributed by atoms with van der Waals surface area (Å²) >= 11 is 0. The Hall–Kier alpha value is -3.80. The van der Waals surface area contributed by atoms with Gasteiger partial charge in [0.05, 0.1) is 22.2 Å². The van der Waals surface area contributed by atoms with Crippen LogP contribution in [0.3, 0.4) is 0 Å². The first-order chi connectivity index (χ1) is 21.1. The normalized spacial score (nSPS) is 28.6. The van der Waals surface area contributed by atoms with Gasteiger partial charge in [-0.15, -0.1) is 0 Å². The Morgan fingerprint density at radius 1 is 0.907 bits per heavy atom. The lowest BCUT2D eigenvalue weighted by molar-refractivity contribution is -0.173. The first kappa shape index (κ1) is 24.6. The summed E-state index contributed by atoms with van der Waals surface area (Å²) in [6.45, 7) is 2.86. The summed E-state index contributed by atoms with van der Waals surface area (Å²) in [6.07, 6.45) is 5.41. The lowest BCUT2D eigenvalue weighted by Gasteiger charge is -2.63. The number of ether oxygens (including phenoxy) is 1. The molecule has 5 heteroatoms. The molecular weight excluding hydrogens is 532 g/mol. The number of benzene rings is 4. The minimum atomic E-state index is -0.978. The Balaban J connectivity index is 1.25. The average Bonchev–Trinajstić information content (AvgIpc) is 3.69. The molecule has 3 aliphatic carbocycles. The van der Waals surface area contributed by atoms with Gasteiger partial charge in [-0.3, -0.25) is 4.90 Å². The van der Waals surface area contributed by atoms with Gasteiger partial charge in [0.2, 0.25) is 0 Å². The van der Waals surface area contributed by atoms with E-state index in [0.29, 0.717) is 12.2 Å². The molecule has 1 saturated heterocycles. The fourth-order valence-corrected chi connectivity index (χ4v) is 9.74. The van der Waals surface area contributed by atoms with Crippen molar-refractivity contribution in [2.24, 2.45) is 5.92 Å². The first-order valence-corrected chi connectivity index (χ1v) is 16.1. The number of aliphatic hydroxyl groups is 1. The molecule has 1 spiro atoms. The zero-order valence-electron chi connectivity index (χ0n) is 24.3. The van der Waals surface area contributed by atoms with Crippen LogP contribution in [0.2, 0.25) is 0 Å². The van der Waals surface area contributed by atoms with Crippen molar-refractivity contribution in [2.45, 2.75) is 68.2 Å². The van der Waals surface area contributed by atoms with E-state index in [0.717, 1.165) is 50.4 Å². The Bertz CT molecular complexity index is 1960. The van der Waals surface area contributed by atoms with Crippen molar-refractivity contribution in [3.05, 3.63) is 107 Å². The average molecular weight is 569 g/mol. The van der Waals surface area contributed by atoms with Crippen molar-refractivity contribution in [1.29, 1.82) is 0 Å². The van der Waals surface area contributed by atoms with Crippen LogP contribution in [0.1, 0.15) is 53.3 Å². The van der Waals surface area contributed by atoms with Crippen LogP contribution >= 0.6 is 0 Å². The van der Waals surface area contributed by atoms with Gasteiger partial charge in [0.25, 0.3) is 0 Å². The highest BCUT2D eigenvalue weighted by Gasteiger charge is 2.73. The minimum absolute atomic E-state index is 0.0345. The van der Waals surface area contributed by atoms with Gasteiger partial charge >= 0.3 is 0 Å². The molecule has 0 radical (unpaired) electrons. The van der Waals surface area contributed by atoms with Crippen molar-refractivity contribution in [3.8, 4) is 11.5 Å². The molecule has 2 bridgehead atoms. The molecule has 5 nitrogen and oxygen atoms in total. The predicted molar refractivity (Wildman–Crippen MR) is 168 cm³/mol. The molecule has 3 heterocycles. The van der Waals surface area contributed by atoms with Gasteiger partial charge in [0.1, 0.15) is 0 Å². The Labute approximate surface area is 251 Å². The van der Waals surface area contributed by atoms with Gasteiger partial charge in [-0.2, -0.15) is 0 Å². The zero-order chi connectivity index (χ0) is 28.5. The number of aromatic hydroxyl groups is 1. The van der Waals surface area contributed by atoms with Crippen LogP contribution in [-0.4, -0.2) is 44.4 Å². The molecule has 0 amide bonds. The molecule has 1 saturated carbocycles. The summed E-state index contributed by atoms with van der Waals surface area (Å²) in [5.74, 6) is 1.56. The maximum atomic E-state index is 13.3.